The Kier molecular flexibility index (Phi) is 3.78. The predicted molar refractivity (Wildman–Crippen MR) is 71.0 cm³/mol. The van der Waals surface area contributed by atoms with Crippen molar-refractivity contribution in [1.29, 1.82) is 0 Å². The Morgan fingerprint density at radius 2 is 1.78 bits per heavy atom. The summed E-state index contributed by atoms with van der Waals surface area (Å²) in [7, 11) is 0. The summed E-state index contributed by atoms with van der Waals surface area (Å²) >= 11 is 0. The highest BCUT2D eigenvalue weighted by atomic mass is 19.1. The van der Waals surface area contributed by atoms with Gasteiger partial charge in [0.15, 0.2) is 0 Å². The summed E-state index contributed by atoms with van der Waals surface area (Å²) in [4.78, 5) is 0. The molecule has 0 fully saturated rings. The molecule has 0 aliphatic carbocycles. The van der Waals surface area contributed by atoms with Crippen molar-refractivity contribution in [2.45, 2.75) is 26.4 Å². The van der Waals surface area contributed by atoms with E-state index in [0.717, 1.165) is 5.56 Å². The van der Waals surface area contributed by atoms with Crippen molar-refractivity contribution in [3.8, 4) is 0 Å². The zero-order valence-electron chi connectivity index (χ0n) is 10.7. The molecule has 0 spiro atoms. The predicted octanol–water partition coefficient (Wildman–Crippen LogP) is 3.72. The smallest absolute Gasteiger partial charge is 0.129 e. The van der Waals surface area contributed by atoms with E-state index < -0.39 is 6.10 Å². The maximum Gasteiger partial charge on any atom is 0.129 e. The molecule has 0 aromatic heterocycles. The van der Waals surface area contributed by atoms with Crippen LogP contribution in [0.15, 0.2) is 42.5 Å². The lowest BCUT2D eigenvalue weighted by Gasteiger charge is -2.13. The summed E-state index contributed by atoms with van der Waals surface area (Å²) in [5.41, 5.74) is 3.79. The van der Waals surface area contributed by atoms with E-state index in [1.165, 1.54) is 17.2 Å². The molecule has 94 valence electrons. The second-order valence-corrected chi connectivity index (χ2v) is 4.66. The molecule has 18 heavy (non-hydrogen) atoms. The number of benzene rings is 2. The molecular formula is C16H17FO. The molecule has 1 unspecified atom stereocenters. The topological polar surface area (TPSA) is 20.2 Å². The Labute approximate surface area is 107 Å². The second kappa shape index (κ2) is 5.32. The van der Waals surface area contributed by atoms with E-state index in [9.17, 15) is 9.50 Å². The molecule has 2 aromatic rings. The van der Waals surface area contributed by atoms with Crippen molar-refractivity contribution in [3.63, 3.8) is 0 Å². The average Bonchev–Trinajstić information content (AvgIpc) is 2.34. The van der Waals surface area contributed by atoms with Gasteiger partial charge in [-0.2, -0.15) is 0 Å². The van der Waals surface area contributed by atoms with E-state index >= 15 is 0 Å². The number of aryl methyl sites for hydroxylation is 2. The van der Waals surface area contributed by atoms with E-state index in [2.05, 4.69) is 0 Å². The van der Waals surface area contributed by atoms with Crippen LogP contribution in [0, 0.1) is 19.7 Å². The van der Waals surface area contributed by atoms with Crippen molar-refractivity contribution in [1.82, 2.24) is 0 Å². The molecule has 2 aromatic carbocycles. The number of aliphatic hydroxyl groups is 1. The standard InChI is InChI=1S/C16H17FO/c1-11-7-8-13(9-12(11)2)10-16(18)14-5-3-4-6-15(14)17/h3-9,16,18H,10H2,1-2H3. The van der Waals surface area contributed by atoms with Crippen molar-refractivity contribution >= 4 is 0 Å². The van der Waals surface area contributed by atoms with Crippen LogP contribution >= 0.6 is 0 Å². The van der Waals surface area contributed by atoms with Gasteiger partial charge < -0.3 is 5.11 Å². The third-order valence-corrected chi connectivity index (χ3v) is 3.26. The highest BCUT2D eigenvalue weighted by Crippen LogP contribution is 2.22. The zero-order chi connectivity index (χ0) is 13.1. The third kappa shape index (κ3) is 2.77. The van der Waals surface area contributed by atoms with Gasteiger partial charge in [-0.05, 0) is 36.6 Å². The van der Waals surface area contributed by atoms with E-state index in [1.54, 1.807) is 18.2 Å². The molecule has 1 atom stereocenters. The molecule has 1 N–H and O–H groups in total. The minimum absolute atomic E-state index is 0.353. The van der Waals surface area contributed by atoms with Gasteiger partial charge in [0.25, 0.3) is 0 Å². The van der Waals surface area contributed by atoms with Crippen LogP contribution < -0.4 is 0 Å². The van der Waals surface area contributed by atoms with Gasteiger partial charge in [-0.3, -0.25) is 0 Å². The van der Waals surface area contributed by atoms with E-state index in [-0.39, 0.29) is 5.82 Å². The van der Waals surface area contributed by atoms with Crippen molar-refractivity contribution in [2.75, 3.05) is 0 Å². The van der Waals surface area contributed by atoms with Crippen LogP contribution in [0.25, 0.3) is 0 Å². The molecule has 0 saturated carbocycles. The summed E-state index contributed by atoms with van der Waals surface area (Å²) in [6.45, 7) is 4.08. The molecule has 0 aliphatic rings. The minimum atomic E-state index is -0.798. The Balaban J connectivity index is 2.19. The van der Waals surface area contributed by atoms with Gasteiger partial charge in [0, 0.05) is 12.0 Å². The van der Waals surface area contributed by atoms with Gasteiger partial charge in [0.1, 0.15) is 5.82 Å². The fourth-order valence-corrected chi connectivity index (χ4v) is 2.01. The summed E-state index contributed by atoms with van der Waals surface area (Å²) in [5, 5.41) is 10.1. The van der Waals surface area contributed by atoms with Crippen LogP contribution in [-0.4, -0.2) is 5.11 Å². The van der Waals surface area contributed by atoms with Crippen LogP contribution in [-0.2, 0) is 6.42 Å². The lowest BCUT2D eigenvalue weighted by molar-refractivity contribution is 0.173. The van der Waals surface area contributed by atoms with E-state index in [0.29, 0.717) is 12.0 Å². The first-order chi connectivity index (χ1) is 8.58. The summed E-state index contributed by atoms with van der Waals surface area (Å²) < 4.78 is 13.5. The SMILES string of the molecule is Cc1ccc(CC(O)c2ccccc2F)cc1C. The normalized spacial score (nSPS) is 12.4. The highest BCUT2D eigenvalue weighted by molar-refractivity contribution is 5.31. The first-order valence-electron chi connectivity index (χ1n) is 6.06. The molecule has 1 nitrogen and oxygen atoms in total. The average molecular weight is 244 g/mol. The van der Waals surface area contributed by atoms with E-state index in [4.69, 9.17) is 0 Å². The molecule has 2 rings (SSSR count). The molecule has 0 heterocycles. The summed E-state index contributed by atoms with van der Waals surface area (Å²) in [5.74, 6) is -0.353. The Morgan fingerprint density at radius 3 is 2.44 bits per heavy atom. The van der Waals surface area contributed by atoms with E-state index in [1.807, 2.05) is 32.0 Å². The van der Waals surface area contributed by atoms with Gasteiger partial charge in [-0.15, -0.1) is 0 Å². The molecule has 0 aliphatic heterocycles. The lowest BCUT2D eigenvalue weighted by atomic mass is 9.98. The molecule has 0 radical (unpaired) electrons. The van der Waals surface area contributed by atoms with Gasteiger partial charge in [-0.1, -0.05) is 36.4 Å². The lowest BCUT2D eigenvalue weighted by Crippen LogP contribution is -2.04. The third-order valence-electron chi connectivity index (χ3n) is 3.26. The first kappa shape index (κ1) is 12.8. The van der Waals surface area contributed by atoms with Crippen LogP contribution in [0.2, 0.25) is 0 Å². The first-order valence-corrected chi connectivity index (χ1v) is 6.06. The van der Waals surface area contributed by atoms with Crippen LogP contribution in [0.3, 0.4) is 0 Å². The largest absolute Gasteiger partial charge is 0.388 e. The quantitative estimate of drug-likeness (QED) is 0.872. The number of hydrogen-bond donors (Lipinski definition) is 1. The monoisotopic (exact) mass is 244 g/mol. The number of hydrogen-bond acceptors (Lipinski definition) is 1. The Morgan fingerprint density at radius 1 is 1.06 bits per heavy atom. The minimum Gasteiger partial charge on any atom is -0.388 e. The van der Waals surface area contributed by atoms with Crippen LogP contribution in [0.1, 0.15) is 28.4 Å². The Bertz CT molecular complexity index is 549. The Hall–Kier alpha value is -1.67. The van der Waals surface area contributed by atoms with Crippen LogP contribution in [0.4, 0.5) is 4.39 Å². The number of halogens is 1. The maximum atomic E-state index is 13.5. The maximum absolute atomic E-state index is 13.5. The number of aliphatic hydroxyl groups excluding tert-OH is 1. The van der Waals surface area contributed by atoms with Crippen LogP contribution in [0.5, 0.6) is 0 Å². The highest BCUT2D eigenvalue weighted by Gasteiger charge is 2.12. The van der Waals surface area contributed by atoms with Crippen molar-refractivity contribution in [2.24, 2.45) is 0 Å². The fourth-order valence-electron chi connectivity index (χ4n) is 2.01. The van der Waals surface area contributed by atoms with Gasteiger partial charge in [0.2, 0.25) is 0 Å². The summed E-state index contributed by atoms with van der Waals surface area (Å²) in [6, 6.07) is 12.4. The van der Waals surface area contributed by atoms with Gasteiger partial charge >= 0.3 is 0 Å². The fraction of sp³-hybridized carbons (Fsp3) is 0.250. The molecule has 0 bridgehead atoms. The summed E-state index contributed by atoms with van der Waals surface area (Å²) in [6.07, 6.45) is -0.365. The van der Waals surface area contributed by atoms with Crippen molar-refractivity contribution in [3.05, 3.63) is 70.5 Å². The number of rotatable bonds is 3. The molecule has 2 heteroatoms. The van der Waals surface area contributed by atoms with Crippen molar-refractivity contribution < 1.29 is 9.50 Å². The van der Waals surface area contributed by atoms with Gasteiger partial charge in [-0.25, -0.2) is 4.39 Å². The van der Waals surface area contributed by atoms with Gasteiger partial charge in [0.05, 0.1) is 6.10 Å². The molecular weight excluding hydrogens is 227 g/mol. The second-order valence-electron chi connectivity index (χ2n) is 4.66. The molecule has 0 saturated heterocycles. The zero-order valence-corrected chi connectivity index (χ0v) is 10.7. The molecule has 0 amide bonds.